The average Bonchev–Trinajstić information content (AvgIpc) is 3.02. The third-order valence-corrected chi connectivity index (χ3v) is 5.74. The Morgan fingerprint density at radius 1 is 1.31 bits per heavy atom. The number of rotatable bonds is 6. The van der Waals surface area contributed by atoms with E-state index in [1.54, 1.807) is 22.8 Å². The molecule has 1 aromatic rings. The lowest BCUT2D eigenvalue weighted by atomic mass is 9.66. The van der Waals surface area contributed by atoms with Crippen molar-refractivity contribution in [2.45, 2.75) is 38.5 Å². The number of aryl methyl sites for hydroxylation is 1. The molecule has 2 aliphatic rings. The van der Waals surface area contributed by atoms with Gasteiger partial charge in [-0.1, -0.05) is 6.42 Å². The van der Waals surface area contributed by atoms with Crippen LogP contribution in [0, 0.1) is 11.3 Å². The van der Waals surface area contributed by atoms with Gasteiger partial charge < -0.3 is 15.3 Å². The van der Waals surface area contributed by atoms with Crippen LogP contribution >= 0.6 is 0 Å². The molecule has 0 bridgehead atoms. The highest BCUT2D eigenvalue weighted by atomic mass is 16.4. The summed E-state index contributed by atoms with van der Waals surface area (Å²) in [4.78, 5) is 37.7. The molecule has 2 heterocycles. The Hall–Kier alpha value is -2.38. The Kier molecular flexibility index (Phi) is 5.29. The lowest BCUT2D eigenvalue weighted by Crippen LogP contribution is -2.46. The van der Waals surface area contributed by atoms with Crippen molar-refractivity contribution in [3.05, 3.63) is 18.0 Å². The van der Waals surface area contributed by atoms with Crippen LogP contribution in [0.15, 0.2) is 12.4 Å². The molecule has 0 atom stereocenters. The number of carboxylic acid groups (broad SMARTS) is 1. The quantitative estimate of drug-likeness (QED) is 0.787. The van der Waals surface area contributed by atoms with Crippen LogP contribution in [0.1, 0.15) is 48.9 Å². The number of piperidine rings is 1. The van der Waals surface area contributed by atoms with E-state index in [0.29, 0.717) is 44.0 Å². The van der Waals surface area contributed by atoms with Crippen LogP contribution in [-0.2, 0) is 16.6 Å². The fourth-order valence-electron chi connectivity index (χ4n) is 3.74. The second-order valence-electron chi connectivity index (χ2n) is 7.55. The summed E-state index contributed by atoms with van der Waals surface area (Å²) in [5, 5.41) is 16.3. The van der Waals surface area contributed by atoms with Gasteiger partial charge in [-0.25, -0.2) is 0 Å². The summed E-state index contributed by atoms with van der Waals surface area (Å²) in [5.74, 6) is -0.697. The monoisotopic (exact) mass is 362 g/mol. The molecule has 0 radical (unpaired) electrons. The van der Waals surface area contributed by atoms with Gasteiger partial charge in [-0.05, 0) is 31.6 Å². The first-order valence-electron chi connectivity index (χ1n) is 9.18. The lowest BCUT2D eigenvalue weighted by molar-refractivity contribution is -0.159. The van der Waals surface area contributed by atoms with E-state index in [1.807, 2.05) is 0 Å². The van der Waals surface area contributed by atoms with Crippen LogP contribution in [0.2, 0.25) is 0 Å². The van der Waals surface area contributed by atoms with Crippen molar-refractivity contribution in [3.8, 4) is 0 Å². The SMILES string of the molecule is Cn1cc(C(=O)NCC2CCN(C(=O)CC3(C(=O)O)CCC3)CC2)cn1. The second kappa shape index (κ2) is 7.47. The zero-order valence-electron chi connectivity index (χ0n) is 15.1. The van der Waals surface area contributed by atoms with Gasteiger partial charge in [0.25, 0.3) is 5.91 Å². The van der Waals surface area contributed by atoms with Crippen LogP contribution in [-0.4, -0.2) is 57.2 Å². The van der Waals surface area contributed by atoms with Gasteiger partial charge in [0, 0.05) is 39.3 Å². The van der Waals surface area contributed by atoms with Gasteiger partial charge in [0.1, 0.15) is 0 Å². The van der Waals surface area contributed by atoms with Gasteiger partial charge in [0.05, 0.1) is 17.2 Å². The minimum Gasteiger partial charge on any atom is -0.481 e. The van der Waals surface area contributed by atoms with E-state index in [4.69, 9.17) is 0 Å². The zero-order chi connectivity index (χ0) is 18.7. The standard InChI is InChI=1S/C18H26N4O4/c1-21-12-14(11-20-21)16(24)19-10-13-3-7-22(8-4-13)15(23)9-18(17(25)26)5-2-6-18/h11-13H,2-10H2,1H3,(H,19,24)(H,25,26). The average molecular weight is 362 g/mol. The maximum atomic E-state index is 12.5. The van der Waals surface area contributed by atoms with Crippen LogP contribution in [0.4, 0.5) is 0 Å². The number of aromatic nitrogens is 2. The Morgan fingerprint density at radius 2 is 2.00 bits per heavy atom. The van der Waals surface area contributed by atoms with Gasteiger partial charge in [-0.2, -0.15) is 5.10 Å². The first-order chi connectivity index (χ1) is 12.4. The number of amides is 2. The summed E-state index contributed by atoms with van der Waals surface area (Å²) >= 11 is 0. The zero-order valence-corrected chi connectivity index (χ0v) is 15.1. The molecule has 1 aliphatic carbocycles. The number of nitrogens with zero attached hydrogens (tertiary/aromatic N) is 3. The molecule has 0 aromatic carbocycles. The highest BCUT2D eigenvalue weighted by Gasteiger charge is 2.46. The fourth-order valence-corrected chi connectivity index (χ4v) is 3.74. The van der Waals surface area contributed by atoms with Crippen molar-refractivity contribution in [1.29, 1.82) is 0 Å². The van der Waals surface area contributed by atoms with Gasteiger partial charge in [0.2, 0.25) is 5.91 Å². The van der Waals surface area contributed by atoms with E-state index in [9.17, 15) is 19.5 Å². The minimum atomic E-state index is -0.842. The van der Waals surface area contributed by atoms with E-state index in [0.717, 1.165) is 19.3 Å². The molecule has 2 amide bonds. The lowest BCUT2D eigenvalue weighted by Gasteiger charge is -2.39. The van der Waals surface area contributed by atoms with Crippen molar-refractivity contribution in [2.75, 3.05) is 19.6 Å². The Bertz CT molecular complexity index is 687. The molecule has 1 aliphatic heterocycles. The highest BCUT2D eigenvalue weighted by Crippen LogP contribution is 2.44. The normalized spacial score (nSPS) is 19.7. The third kappa shape index (κ3) is 3.89. The molecule has 8 heteroatoms. The highest BCUT2D eigenvalue weighted by molar-refractivity contribution is 5.93. The first kappa shape index (κ1) is 18.4. The number of carbonyl (C=O) groups excluding carboxylic acids is 2. The largest absolute Gasteiger partial charge is 0.481 e. The Balaban J connectivity index is 1.42. The van der Waals surface area contributed by atoms with Crippen molar-refractivity contribution in [2.24, 2.45) is 18.4 Å². The van der Waals surface area contributed by atoms with E-state index >= 15 is 0 Å². The molecule has 142 valence electrons. The van der Waals surface area contributed by atoms with E-state index < -0.39 is 11.4 Å². The first-order valence-corrected chi connectivity index (χ1v) is 9.18. The van der Waals surface area contributed by atoms with E-state index in [-0.39, 0.29) is 18.2 Å². The van der Waals surface area contributed by atoms with Crippen molar-refractivity contribution < 1.29 is 19.5 Å². The summed E-state index contributed by atoms with van der Waals surface area (Å²) < 4.78 is 1.59. The summed E-state index contributed by atoms with van der Waals surface area (Å²) in [5.41, 5.74) is -0.286. The molecule has 1 saturated carbocycles. The molecule has 1 saturated heterocycles. The van der Waals surface area contributed by atoms with Gasteiger partial charge in [-0.3, -0.25) is 19.1 Å². The predicted molar refractivity (Wildman–Crippen MR) is 93.4 cm³/mol. The molecule has 0 unspecified atom stereocenters. The Labute approximate surface area is 152 Å². The van der Waals surface area contributed by atoms with Crippen molar-refractivity contribution in [3.63, 3.8) is 0 Å². The molecule has 2 N–H and O–H groups in total. The molecule has 8 nitrogen and oxygen atoms in total. The molecule has 3 rings (SSSR count). The molecule has 1 aromatic heterocycles. The predicted octanol–water partition coefficient (Wildman–Crippen LogP) is 1.03. The molecular weight excluding hydrogens is 336 g/mol. The van der Waals surface area contributed by atoms with E-state index in [1.165, 1.54) is 6.20 Å². The fraction of sp³-hybridized carbons (Fsp3) is 0.667. The maximum Gasteiger partial charge on any atom is 0.310 e. The number of likely N-dealkylation sites (tertiary alicyclic amines) is 1. The van der Waals surface area contributed by atoms with E-state index in [2.05, 4.69) is 10.4 Å². The third-order valence-electron chi connectivity index (χ3n) is 5.74. The van der Waals surface area contributed by atoms with Crippen LogP contribution in [0.3, 0.4) is 0 Å². The van der Waals surface area contributed by atoms with Crippen molar-refractivity contribution >= 4 is 17.8 Å². The smallest absolute Gasteiger partial charge is 0.310 e. The minimum absolute atomic E-state index is 0.0510. The number of carbonyl (C=O) groups is 3. The van der Waals surface area contributed by atoms with Crippen LogP contribution in [0.5, 0.6) is 0 Å². The Morgan fingerprint density at radius 3 is 2.50 bits per heavy atom. The number of hydrogen-bond acceptors (Lipinski definition) is 4. The summed E-state index contributed by atoms with van der Waals surface area (Å²) in [6.07, 6.45) is 7.06. The number of nitrogens with one attached hydrogen (secondary N) is 1. The molecular formula is C18H26N4O4. The van der Waals surface area contributed by atoms with Crippen LogP contribution < -0.4 is 5.32 Å². The topological polar surface area (TPSA) is 105 Å². The summed E-state index contributed by atoms with van der Waals surface area (Å²) in [6, 6.07) is 0. The molecule has 0 spiro atoms. The number of hydrogen-bond donors (Lipinski definition) is 2. The number of aliphatic carboxylic acids is 1. The van der Waals surface area contributed by atoms with Crippen LogP contribution in [0.25, 0.3) is 0 Å². The second-order valence-corrected chi connectivity index (χ2v) is 7.55. The van der Waals surface area contributed by atoms with Gasteiger partial charge >= 0.3 is 5.97 Å². The van der Waals surface area contributed by atoms with Gasteiger partial charge in [0.15, 0.2) is 0 Å². The van der Waals surface area contributed by atoms with Crippen molar-refractivity contribution in [1.82, 2.24) is 20.0 Å². The summed E-state index contributed by atoms with van der Waals surface area (Å²) in [6.45, 7) is 1.83. The molecule has 26 heavy (non-hydrogen) atoms. The number of carboxylic acids is 1. The summed E-state index contributed by atoms with van der Waals surface area (Å²) in [7, 11) is 1.77. The maximum absolute atomic E-state index is 12.5. The molecule has 2 fully saturated rings. The van der Waals surface area contributed by atoms with Gasteiger partial charge in [-0.15, -0.1) is 0 Å².